The number of aromatic nitrogens is 2. The molecular weight excluding hydrogens is 532 g/mol. The summed E-state index contributed by atoms with van der Waals surface area (Å²) < 4.78 is 7.01. The fourth-order valence-electron chi connectivity index (χ4n) is 8.69. The Bertz CT molecular complexity index is 1310. The molecule has 9 heteroatoms. The SMILES string of the molecule is COCCO/N=C(\CCC(=O)O)c1nc2ccccc2n([C@H]2C[C@H]3CCC[C@@H](C2)N3[C@@H]2C[C@@H]3CCCC[C@@H](C3)C2)c1=O. The molecule has 0 radical (unpaired) electrons. The molecule has 0 unspecified atom stereocenters. The predicted molar refractivity (Wildman–Crippen MR) is 162 cm³/mol. The maximum atomic E-state index is 14.3. The number of methoxy groups -OCH3 is 1. The predicted octanol–water partition coefficient (Wildman–Crippen LogP) is 5.55. The van der Waals surface area contributed by atoms with Crippen molar-refractivity contribution in [3.63, 3.8) is 0 Å². The van der Waals surface area contributed by atoms with Crippen LogP contribution in [0.2, 0.25) is 0 Å². The Morgan fingerprint density at radius 1 is 0.905 bits per heavy atom. The molecule has 0 amide bonds. The third-order valence-electron chi connectivity index (χ3n) is 10.3. The number of carboxylic acids is 1. The van der Waals surface area contributed by atoms with E-state index in [2.05, 4.69) is 10.1 Å². The van der Waals surface area contributed by atoms with E-state index in [1.807, 2.05) is 28.8 Å². The normalized spacial score (nSPS) is 30.2. The Kier molecular flexibility index (Phi) is 9.24. The van der Waals surface area contributed by atoms with E-state index in [0.717, 1.165) is 35.7 Å². The number of para-hydroxylation sites is 2. The zero-order valence-corrected chi connectivity index (χ0v) is 25.0. The van der Waals surface area contributed by atoms with Crippen molar-refractivity contribution in [1.82, 2.24) is 14.5 Å². The summed E-state index contributed by atoms with van der Waals surface area (Å²) in [4.78, 5) is 38.8. The van der Waals surface area contributed by atoms with Gasteiger partial charge in [0.2, 0.25) is 0 Å². The lowest BCUT2D eigenvalue weighted by atomic mass is 9.73. The van der Waals surface area contributed by atoms with Crippen LogP contribution in [0, 0.1) is 11.8 Å². The molecule has 42 heavy (non-hydrogen) atoms. The standard InChI is InChI=1S/C33H46N4O5/c1-41-15-16-42-35-29(13-14-31(38)39)32-33(40)37(30-12-5-4-11-28(30)34-32)27-20-24-9-6-10-25(21-27)36(24)26-18-22-7-2-3-8-23(17-22)19-26/h4-5,11-12,22-27H,2-3,6-10,13-21H2,1H3,(H,38,39)/b35-29+/t22-,23+,24-,25+,26-,27+. The number of carbonyl (C=O) groups is 1. The van der Waals surface area contributed by atoms with Crippen LogP contribution in [0.4, 0.5) is 0 Å². The monoisotopic (exact) mass is 578 g/mol. The van der Waals surface area contributed by atoms with Crippen molar-refractivity contribution in [1.29, 1.82) is 0 Å². The molecule has 6 atom stereocenters. The van der Waals surface area contributed by atoms with Crippen LogP contribution in [-0.2, 0) is 14.4 Å². The van der Waals surface area contributed by atoms with Gasteiger partial charge in [0, 0.05) is 37.7 Å². The van der Waals surface area contributed by atoms with Crippen LogP contribution in [0.15, 0.2) is 34.2 Å². The molecule has 4 aliphatic rings. The van der Waals surface area contributed by atoms with E-state index in [-0.39, 0.29) is 42.5 Å². The Labute approximate surface area is 248 Å². The molecule has 3 heterocycles. The molecule has 2 aromatic rings. The molecule has 0 spiro atoms. The summed E-state index contributed by atoms with van der Waals surface area (Å²) in [6.07, 6.45) is 15.2. The van der Waals surface area contributed by atoms with E-state index in [1.165, 1.54) is 64.2 Å². The molecule has 4 bridgehead atoms. The van der Waals surface area contributed by atoms with Crippen molar-refractivity contribution < 1.29 is 19.5 Å². The molecule has 6 rings (SSSR count). The first-order valence-corrected chi connectivity index (χ1v) is 16.2. The molecule has 2 aliphatic carbocycles. The van der Waals surface area contributed by atoms with Crippen molar-refractivity contribution in [2.75, 3.05) is 20.3 Å². The van der Waals surface area contributed by atoms with Crippen molar-refractivity contribution in [2.45, 2.75) is 114 Å². The first-order chi connectivity index (χ1) is 20.5. The van der Waals surface area contributed by atoms with Crippen molar-refractivity contribution in [2.24, 2.45) is 17.0 Å². The van der Waals surface area contributed by atoms with E-state index in [0.29, 0.717) is 24.7 Å². The van der Waals surface area contributed by atoms with Crippen LogP contribution in [0.5, 0.6) is 0 Å². The van der Waals surface area contributed by atoms with Crippen LogP contribution >= 0.6 is 0 Å². The van der Waals surface area contributed by atoms with E-state index < -0.39 is 5.97 Å². The van der Waals surface area contributed by atoms with Crippen LogP contribution in [-0.4, -0.2) is 69.7 Å². The summed E-state index contributed by atoms with van der Waals surface area (Å²) in [5.41, 5.74) is 1.82. The van der Waals surface area contributed by atoms with E-state index in [1.54, 1.807) is 7.11 Å². The lowest BCUT2D eigenvalue weighted by Crippen LogP contribution is -2.58. The molecule has 1 aromatic carbocycles. The smallest absolute Gasteiger partial charge is 0.303 e. The highest BCUT2D eigenvalue weighted by Gasteiger charge is 2.45. The number of hydrogen-bond acceptors (Lipinski definition) is 7. The molecule has 4 fully saturated rings. The van der Waals surface area contributed by atoms with Gasteiger partial charge in [-0.15, -0.1) is 0 Å². The summed E-state index contributed by atoms with van der Waals surface area (Å²) in [7, 11) is 1.57. The average Bonchev–Trinajstić information content (AvgIpc) is 3.15. The summed E-state index contributed by atoms with van der Waals surface area (Å²) >= 11 is 0. The van der Waals surface area contributed by atoms with Crippen molar-refractivity contribution >= 4 is 22.7 Å². The largest absolute Gasteiger partial charge is 0.481 e. The van der Waals surface area contributed by atoms with Gasteiger partial charge in [-0.2, -0.15) is 0 Å². The van der Waals surface area contributed by atoms with Crippen molar-refractivity contribution in [3.05, 3.63) is 40.3 Å². The Morgan fingerprint density at radius 2 is 1.62 bits per heavy atom. The van der Waals surface area contributed by atoms with Gasteiger partial charge in [-0.1, -0.05) is 49.4 Å². The average molecular weight is 579 g/mol. The molecule has 9 nitrogen and oxygen atoms in total. The number of nitrogens with zero attached hydrogens (tertiary/aromatic N) is 4. The number of aliphatic carboxylic acids is 1. The number of rotatable bonds is 10. The lowest BCUT2D eigenvalue weighted by molar-refractivity contribution is -0.136. The van der Waals surface area contributed by atoms with Gasteiger partial charge in [-0.3, -0.25) is 14.5 Å². The maximum absolute atomic E-state index is 14.3. The Hall–Kier alpha value is -2.78. The Balaban J connectivity index is 1.33. The Morgan fingerprint density at radius 3 is 2.31 bits per heavy atom. The summed E-state index contributed by atoms with van der Waals surface area (Å²) in [6, 6.07) is 9.55. The molecular formula is C33H46N4O5. The number of carboxylic acid groups (broad SMARTS) is 1. The minimum atomic E-state index is -0.955. The number of oxime groups is 1. The summed E-state index contributed by atoms with van der Waals surface area (Å²) in [5.74, 6) is 0.820. The third-order valence-corrected chi connectivity index (χ3v) is 10.3. The molecule has 228 valence electrons. The van der Waals surface area contributed by atoms with Gasteiger partial charge in [0.25, 0.3) is 5.56 Å². The van der Waals surface area contributed by atoms with Gasteiger partial charge >= 0.3 is 5.97 Å². The van der Waals surface area contributed by atoms with E-state index >= 15 is 0 Å². The fraction of sp³-hybridized carbons (Fsp3) is 0.697. The third kappa shape index (κ3) is 6.27. The zero-order valence-electron chi connectivity index (χ0n) is 25.0. The van der Waals surface area contributed by atoms with Gasteiger partial charge in [0.05, 0.1) is 24.1 Å². The molecule has 2 aliphatic heterocycles. The molecule has 2 saturated carbocycles. The van der Waals surface area contributed by atoms with Gasteiger partial charge in [-0.25, -0.2) is 4.98 Å². The number of benzene rings is 1. The quantitative estimate of drug-likeness (QED) is 0.224. The van der Waals surface area contributed by atoms with Gasteiger partial charge < -0.3 is 19.2 Å². The lowest BCUT2D eigenvalue weighted by Gasteiger charge is -2.54. The minimum absolute atomic E-state index is 0.0661. The number of fused-ring (bicyclic) bond motifs is 5. The van der Waals surface area contributed by atoms with Gasteiger partial charge in [0.15, 0.2) is 5.69 Å². The maximum Gasteiger partial charge on any atom is 0.303 e. The summed E-state index contributed by atoms with van der Waals surface area (Å²) in [5, 5.41) is 13.6. The minimum Gasteiger partial charge on any atom is -0.481 e. The van der Waals surface area contributed by atoms with Crippen LogP contribution in [0.1, 0.15) is 102 Å². The van der Waals surface area contributed by atoms with Crippen LogP contribution < -0.4 is 5.56 Å². The van der Waals surface area contributed by atoms with Gasteiger partial charge in [0.1, 0.15) is 12.3 Å². The molecule has 1 aromatic heterocycles. The van der Waals surface area contributed by atoms with E-state index in [9.17, 15) is 14.7 Å². The first-order valence-electron chi connectivity index (χ1n) is 16.2. The molecule has 1 N–H and O–H groups in total. The van der Waals surface area contributed by atoms with Crippen molar-refractivity contribution in [3.8, 4) is 0 Å². The fourth-order valence-corrected chi connectivity index (χ4v) is 8.69. The van der Waals surface area contributed by atoms with E-state index in [4.69, 9.17) is 14.6 Å². The first kappa shape index (κ1) is 29.3. The number of hydrogen-bond donors (Lipinski definition) is 1. The highest BCUT2D eigenvalue weighted by molar-refractivity contribution is 6.00. The second-order valence-electron chi connectivity index (χ2n) is 13.1. The topological polar surface area (TPSA) is 106 Å². The highest BCUT2D eigenvalue weighted by atomic mass is 16.6. The van der Waals surface area contributed by atoms with Gasteiger partial charge in [-0.05, 0) is 68.9 Å². The number of piperidine rings is 2. The van der Waals surface area contributed by atoms with Crippen LogP contribution in [0.25, 0.3) is 11.0 Å². The highest BCUT2D eigenvalue weighted by Crippen LogP contribution is 2.47. The second-order valence-corrected chi connectivity index (χ2v) is 13.1. The second kappa shape index (κ2) is 13.2. The summed E-state index contributed by atoms with van der Waals surface area (Å²) in [6.45, 7) is 0.550. The molecule has 2 saturated heterocycles. The van der Waals surface area contributed by atoms with Crippen LogP contribution in [0.3, 0.4) is 0 Å². The number of ether oxygens (including phenoxy) is 1. The zero-order chi connectivity index (χ0) is 29.1.